The van der Waals surface area contributed by atoms with E-state index in [1.165, 1.54) is 4.31 Å². The first-order valence-corrected chi connectivity index (χ1v) is 9.81. The maximum Gasteiger partial charge on any atom is 0.338 e. The third-order valence-corrected chi connectivity index (χ3v) is 5.65. The first-order chi connectivity index (χ1) is 12.4. The Morgan fingerprint density at radius 2 is 1.73 bits per heavy atom. The zero-order valence-electron chi connectivity index (χ0n) is 15.0. The molecule has 6 heteroatoms. The van der Waals surface area contributed by atoms with Crippen LogP contribution in [0.15, 0.2) is 66.1 Å². The largest absolute Gasteiger partial charge is 0.462 e. The highest BCUT2D eigenvalue weighted by atomic mass is 32.2. The maximum absolute atomic E-state index is 13.1. The van der Waals surface area contributed by atoms with Gasteiger partial charge in [-0.15, -0.1) is 6.58 Å². The van der Waals surface area contributed by atoms with E-state index in [2.05, 4.69) is 6.58 Å². The number of anilines is 1. The molecule has 0 heterocycles. The number of rotatable bonds is 8. The number of hydrogen-bond donors (Lipinski definition) is 0. The molecule has 0 saturated heterocycles. The summed E-state index contributed by atoms with van der Waals surface area (Å²) in [6, 6.07) is 13.1. The normalized spacial score (nSPS) is 11.0. The second-order valence-electron chi connectivity index (χ2n) is 5.73. The summed E-state index contributed by atoms with van der Waals surface area (Å²) in [5.41, 5.74) is 1.85. The van der Waals surface area contributed by atoms with Crippen LogP contribution in [0, 0.1) is 6.92 Å². The minimum Gasteiger partial charge on any atom is -0.462 e. The molecule has 0 bridgehead atoms. The minimum atomic E-state index is -3.72. The molecule has 0 unspecified atom stereocenters. The molecule has 5 nitrogen and oxygen atoms in total. The Labute approximate surface area is 155 Å². The molecule has 0 spiro atoms. The predicted octanol–water partition coefficient (Wildman–Crippen LogP) is 3.94. The summed E-state index contributed by atoms with van der Waals surface area (Å²) in [7, 11) is -3.72. The first kappa shape index (κ1) is 19.7. The molecule has 0 aromatic heterocycles. The highest BCUT2D eigenvalue weighted by Gasteiger charge is 2.24. The van der Waals surface area contributed by atoms with Crippen molar-refractivity contribution in [3.8, 4) is 0 Å². The van der Waals surface area contributed by atoms with Crippen LogP contribution in [0.1, 0.15) is 29.3 Å². The van der Waals surface area contributed by atoms with Gasteiger partial charge in [-0.05, 0) is 56.7 Å². The van der Waals surface area contributed by atoms with Gasteiger partial charge in [0.25, 0.3) is 10.0 Å². The number of carbonyl (C=O) groups excluding carboxylic acids is 1. The molecule has 0 aliphatic rings. The molecule has 2 aromatic carbocycles. The molecule has 0 aliphatic heterocycles. The number of sulfonamides is 1. The van der Waals surface area contributed by atoms with Crippen molar-refractivity contribution >= 4 is 21.7 Å². The van der Waals surface area contributed by atoms with Crippen LogP contribution in [-0.2, 0) is 14.8 Å². The van der Waals surface area contributed by atoms with Crippen LogP contribution < -0.4 is 4.31 Å². The Morgan fingerprint density at radius 1 is 1.12 bits per heavy atom. The van der Waals surface area contributed by atoms with E-state index in [9.17, 15) is 13.2 Å². The minimum absolute atomic E-state index is 0.224. The molecule has 0 aliphatic carbocycles. The Morgan fingerprint density at radius 3 is 2.27 bits per heavy atom. The fraction of sp³-hybridized carbons (Fsp3) is 0.250. The van der Waals surface area contributed by atoms with Gasteiger partial charge in [-0.25, -0.2) is 13.2 Å². The van der Waals surface area contributed by atoms with E-state index < -0.39 is 16.0 Å². The number of ether oxygens (including phenoxy) is 1. The van der Waals surface area contributed by atoms with Gasteiger partial charge in [0.1, 0.15) is 0 Å². The quantitative estimate of drug-likeness (QED) is 0.519. The molecule has 26 heavy (non-hydrogen) atoms. The zero-order valence-corrected chi connectivity index (χ0v) is 15.8. The Balaban J connectivity index is 2.39. The lowest BCUT2D eigenvalue weighted by Crippen LogP contribution is -2.31. The van der Waals surface area contributed by atoms with Crippen molar-refractivity contribution in [2.24, 2.45) is 0 Å². The summed E-state index contributed by atoms with van der Waals surface area (Å²) < 4.78 is 32.4. The van der Waals surface area contributed by atoms with Crippen molar-refractivity contribution in [2.75, 3.05) is 17.5 Å². The van der Waals surface area contributed by atoms with Crippen LogP contribution in [0.2, 0.25) is 0 Å². The van der Waals surface area contributed by atoms with Gasteiger partial charge < -0.3 is 4.74 Å². The zero-order chi connectivity index (χ0) is 19.2. The second kappa shape index (κ2) is 8.67. The van der Waals surface area contributed by atoms with Gasteiger partial charge in [0, 0.05) is 6.54 Å². The first-order valence-electron chi connectivity index (χ1n) is 8.37. The van der Waals surface area contributed by atoms with Crippen LogP contribution >= 0.6 is 0 Å². The van der Waals surface area contributed by atoms with Crippen LogP contribution in [0.4, 0.5) is 5.69 Å². The lowest BCUT2D eigenvalue weighted by Gasteiger charge is -2.24. The van der Waals surface area contributed by atoms with Crippen LogP contribution in [-0.4, -0.2) is 27.5 Å². The second-order valence-corrected chi connectivity index (χ2v) is 7.60. The highest BCUT2D eigenvalue weighted by molar-refractivity contribution is 7.92. The topological polar surface area (TPSA) is 63.7 Å². The van der Waals surface area contributed by atoms with E-state index in [0.29, 0.717) is 17.7 Å². The van der Waals surface area contributed by atoms with E-state index in [4.69, 9.17) is 4.74 Å². The summed E-state index contributed by atoms with van der Waals surface area (Å²) in [6.07, 6.45) is 2.18. The van der Waals surface area contributed by atoms with Gasteiger partial charge in [0.15, 0.2) is 0 Å². The molecule has 138 valence electrons. The van der Waals surface area contributed by atoms with Crippen LogP contribution in [0.25, 0.3) is 0 Å². The standard InChI is InChI=1S/C20H23NO4S/c1-4-6-15-21(26(23,24)19-13-7-16(3)8-14-19)18-11-9-17(10-12-18)20(22)25-5-2/h4,7-14H,1,5-6,15H2,2-3H3. The number of carbonyl (C=O) groups is 1. The average molecular weight is 373 g/mol. The number of esters is 1. The number of benzene rings is 2. The van der Waals surface area contributed by atoms with Crippen molar-refractivity contribution in [1.82, 2.24) is 0 Å². The fourth-order valence-electron chi connectivity index (χ4n) is 2.41. The summed E-state index contributed by atoms with van der Waals surface area (Å²) >= 11 is 0. The smallest absolute Gasteiger partial charge is 0.338 e. The average Bonchev–Trinajstić information content (AvgIpc) is 2.63. The van der Waals surface area contributed by atoms with E-state index in [1.54, 1.807) is 61.5 Å². The van der Waals surface area contributed by atoms with E-state index in [-0.39, 0.29) is 18.0 Å². The van der Waals surface area contributed by atoms with E-state index >= 15 is 0 Å². The monoisotopic (exact) mass is 373 g/mol. The summed E-state index contributed by atoms with van der Waals surface area (Å²) in [5, 5.41) is 0. The van der Waals surface area contributed by atoms with Gasteiger partial charge in [0.05, 0.1) is 22.8 Å². The molecule has 0 fully saturated rings. The summed E-state index contributed by atoms with van der Waals surface area (Å²) in [5.74, 6) is -0.432. The lowest BCUT2D eigenvalue weighted by atomic mass is 10.2. The summed E-state index contributed by atoms with van der Waals surface area (Å²) in [6.45, 7) is 7.85. The van der Waals surface area contributed by atoms with Crippen LogP contribution in [0.3, 0.4) is 0 Å². The van der Waals surface area contributed by atoms with Crippen molar-refractivity contribution in [2.45, 2.75) is 25.2 Å². The van der Waals surface area contributed by atoms with E-state index in [0.717, 1.165) is 5.56 Å². The maximum atomic E-state index is 13.1. The molecule has 0 N–H and O–H groups in total. The predicted molar refractivity (Wildman–Crippen MR) is 103 cm³/mol. The van der Waals surface area contributed by atoms with Gasteiger partial charge in [0.2, 0.25) is 0 Å². The Kier molecular flexibility index (Phi) is 6.58. The molecule has 0 radical (unpaired) electrons. The highest BCUT2D eigenvalue weighted by Crippen LogP contribution is 2.25. The molecule has 2 rings (SSSR count). The molecule has 0 atom stereocenters. The molecule has 0 amide bonds. The molecular weight excluding hydrogens is 350 g/mol. The third-order valence-electron chi connectivity index (χ3n) is 3.81. The van der Waals surface area contributed by atoms with Crippen molar-refractivity contribution in [3.05, 3.63) is 72.3 Å². The van der Waals surface area contributed by atoms with Gasteiger partial charge in [-0.3, -0.25) is 4.31 Å². The van der Waals surface area contributed by atoms with Crippen molar-refractivity contribution in [1.29, 1.82) is 0 Å². The van der Waals surface area contributed by atoms with Crippen molar-refractivity contribution < 1.29 is 17.9 Å². The van der Waals surface area contributed by atoms with Gasteiger partial charge >= 0.3 is 5.97 Å². The fourth-order valence-corrected chi connectivity index (χ4v) is 3.89. The van der Waals surface area contributed by atoms with Gasteiger partial charge in [-0.2, -0.15) is 0 Å². The molecule has 0 saturated carbocycles. The SMILES string of the molecule is C=CCCN(c1ccc(C(=O)OCC)cc1)S(=O)(=O)c1ccc(C)cc1. The van der Waals surface area contributed by atoms with E-state index in [1.807, 2.05) is 6.92 Å². The molecular formula is C20H23NO4S. The van der Waals surface area contributed by atoms with Crippen molar-refractivity contribution in [3.63, 3.8) is 0 Å². The number of nitrogens with zero attached hydrogens (tertiary/aromatic N) is 1. The number of aryl methyl sites for hydroxylation is 1. The molecule has 2 aromatic rings. The summed E-state index contributed by atoms with van der Waals surface area (Å²) in [4.78, 5) is 12.0. The van der Waals surface area contributed by atoms with Gasteiger partial charge in [-0.1, -0.05) is 23.8 Å². The van der Waals surface area contributed by atoms with Crippen LogP contribution in [0.5, 0.6) is 0 Å². The Hall–Kier alpha value is -2.60. The number of hydrogen-bond acceptors (Lipinski definition) is 4. The lowest BCUT2D eigenvalue weighted by molar-refractivity contribution is 0.0526. The Bertz CT molecular complexity index is 856. The third kappa shape index (κ3) is 4.52.